The van der Waals surface area contributed by atoms with Crippen LogP contribution in [-0.2, 0) is 10.0 Å². The number of nitrogens with two attached hydrogens (primary N) is 1. The lowest BCUT2D eigenvalue weighted by Gasteiger charge is -2.41. The zero-order valence-corrected chi connectivity index (χ0v) is 12.3. The van der Waals surface area contributed by atoms with Crippen LogP contribution in [0.15, 0.2) is 23.1 Å². The minimum absolute atomic E-state index is 0.00160. The number of hydrogen-bond donors (Lipinski definition) is 3. The topological polar surface area (TPSA) is 136 Å². The van der Waals surface area contributed by atoms with Gasteiger partial charge in [0.15, 0.2) is 0 Å². The summed E-state index contributed by atoms with van der Waals surface area (Å²) in [7, 11) is -4.03. The summed E-state index contributed by atoms with van der Waals surface area (Å²) in [5.74, 6) is -0.00160. The molecule has 0 saturated heterocycles. The van der Waals surface area contributed by atoms with E-state index in [0.717, 1.165) is 6.07 Å². The van der Waals surface area contributed by atoms with Crippen molar-refractivity contribution in [1.82, 2.24) is 0 Å². The molecule has 0 atom stereocenters. The number of nitrogens with one attached hydrogen (secondary N) is 1. The van der Waals surface area contributed by atoms with Crippen molar-refractivity contribution in [3.05, 3.63) is 28.3 Å². The second kappa shape index (κ2) is 5.78. The van der Waals surface area contributed by atoms with Crippen molar-refractivity contribution in [1.29, 1.82) is 0 Å². The highest BCUT2D eigenvalue weighted by atomic mass is 32.2. The third kappa shape index (κ3) is 3.51. The Balaban J connectivity index is 2.10. The third-order valence-electron chi connectivity index (χ3n) is 3.66. The molecule has 22 heavy (non-hydrogen) atoms. The predicted octanol–water partition coefficient (Wildman–Crippen LogP) is 0.765. The Labute approximate surface area is 126 Å². The molecule has 1 aliphatic rings. The van der Waals surface area contributed by atoms with Gasteiger partial charge >= 0.3 is 0 Å². The summed E-state index contributed by atoms with van der Waals surface area (Å²) in [6, 6.07) is 3.32. The van der Waals surface area contributed by atoms with Crippen molar-refractivity contribution in [3.8, 4) is 0 Å². The van der Waals surface area contributed by atoms with Gasteiger partial charge in [0.25, 0.3) is 5.69 Å². The molecule has 122 valence electrons. The van der Waals surface area contributed by atoms with Gasteiger partial charge < -0.3 is 10.4 Å². The van der Waals surface area contributed by atoms with Gasteiger partial charge in [0.1, 0.15) is 12.4 Å². The van der Waals surface area contributed by atoms with Crippen LogP contribution in [0.1, 0.15) is 12.8 Å². The number of benzene rings is 1. The van der Waals surface area contributed by atoms with Gasteiger partial charge in [0.05, 0.1) is 15.4 Å². The van der Waals surface area contributed by atoms with Gasteiger partial charge in [-0.3, -0.25) is 10.1 Å². The SMILES string of the molecule is NS(=O)(=O)c1ccc(NCC2CC(O)(CF)C2)c([N+](=O)[O-])c1. The number of nitro groups is 1. The van der Waals surface area contributed by atoms with E-state index in [9.17, 15) is 28.0 Å². The van der Waals surface area contributed by atoms with Crippen LogP contribution in [0.3, 0.4) is 0 Å². The van der Waals surface area contributed by atoms with Crippen molar-refractivity contribution in [2.24, 2.45) is 11.1 Å². The smallest absolute Gasteiger partial charge is 0.293 e. The van der Waals surface area contributed by atoms with Crippen molar-refractivity contribution < 1.29 is 22.8 Å². The molecular weight excluding hydrogens is 317 g/mol. The minimum atomic E-state index is -4.03. The number of sulfonamides is 1. The van der Waals surface area contributed by atoms with E-state index in [1.807, 2.05) is 0 Å². The molecular formula is C12H16FN3O5S. The lowest BCUT2D eigenvalue weighted by molar-refractivity contribution is -0.384. The van der Waals surface area contributed by atoms with Crippen LogP contribution in [-0.4, -0.2) is 37.3 Å². The van der Waals surface area contributed by atoms with Crippen molar-refractivity contribution >= 4 is 21.4 Å². The van der Waals surface area contributed by atoms with Crippen molar-refractivity contribution in [2.75, 3.05) is 18.5 Å². The Kier molecular flexibility index (Phi) is 4.36. The maximum Gasteiger partial charge on any atom is 0.293 e. The molecule has 10 heteroatoms. The summed E-state index contributed by atoms with van der Waals surface area (Å²) in [6.45, 7) is -0.495. The molecule has 0 radical (unpaired) electrons. The number of halogens is 1. The van der Waals surface area contributed by atoms with Gasteiger partial charge in [-0.1, -0.05) is 0 Å². The second-order valence-electron chi connectivity index (χ2n) is 5.49. The molecule has 2 rings (SSSR count). The number of primary sulfonamides is 1. The molecule has 8 nitrogen and oxygen atoms in total. The van der Waals surface area contributed by atoms with Crippen LogP contribution in [0.2, 0.25) is 0 Å². The van der Waals surface area contributed by atoms with E-state index in [1.165, 1.54) is 12.1 Å². The van der Waals surface area contributed by atoms with Crippen LogP contribution in [0.4, 0.5) is 15.8 Å². The van der Waals surface area contributed by atoms with Gasteiger partial charge in [-0.2, -0.15) is 0 Å². The molecule has 0 aromatic heterocycles. The van der Waals surface area contributed by atoms with Crippen LogP contribution < -0.4 is 10.5 Å². The number of nitrogens with zero attached hydrogens (tertiary/aromatic N) is 1. The Hall–Kier alpha value is -1.78. The number of hydrogen-bond acceptors (Lipinski definition) is 6. The van der Waals surface area contributed by atoms with E-state index < -0.39 is 32.9 Å². The molecule has 1 aromatic carbocycles. The first-order valence-electron chi connectivity index (χ1n) is 6.48. The summed E-state index contributed by atoms with van der Waals surface area (Å²) in [6.07, 6.45) is 0.555. The number of nitro benzene ring substituents is 1. The van der Waals surface area contributed by atoms with Crippen LogP contribution in [0, 0.1) is 16.0 Å². The molecule has 0 heterocycles. The van der Waals surface area contributed by atoms with E-state index in [4.69, 9.17) is 5.14 Å². The van der Waals surface area contributed by atoms with E-state index in [-0.39, 0.29) is 29.3 Å². The molecule has 1 aromatic rings. The molecule has 0 spiro atoms. The molecule has 0 bridgehead atoms. The first-order chi connectivity index (χ1) is 10.1. The fourth-order valence-corrected chi connectivity index (χ4v) is 3.05. The van der Waals surface area contributed by atoms with Gasteiger partial charge in [0.2, 0.25) is 10.0 Å². The quantitative estimate of drug-likeness (QED) is 0.519. The number of aliphatic hydroxyl groups is 1. The zero-order chi connectivity index (χ0) is 16.5. The highest BCUT2D eigenvalue weighted by molar-refractivity contribution is 7.89. The first-order valence-corrected chi connectivity index (χ1v) is 8.03. The highest BCUT2D eigenvalue weighted by Gasteiger charge is 2.42. The van der Waals surface area contributed by atoms with Gasteiger partial charge in [-0.25, -0.2) is 17.9 Å². The Bertz CT molecular complexity index is 688. The first kappa shape index (κ1) is 16.6. The Morgan fingerprint density at radius 2 is 2.14 bits per heavy atom. The van der Waals surface area contributed by atoms with Crippen LogP contribution in [0.5, 0.6) is 0 Å². The molecule has 0 unspecified atom stereocenters. The third-order valence-corrected chi connectivity index (χ3v) is 4.57. The average molecular weight is 333 g/mol. The minimum Gasteiger partial charge on any atom is -0.387 e. The standard InChI is InChI=1S/C12H16FN3O5S/c13-7-12(17)4-8(5-12)6-15-10-2-1-9(22(14,20)21)3-11(10)16(18)19/h1-3,8,15,17H,4-7H2,(H2,14,20,21). The molecule has 1 saturated carbocycles. The molecule has 1 aliphatic carbocycles. The predicted molar refractivity (Wildman–Crippen MR) is 76.6 cm³/mol. The van der Waals surface area contributed by atoms with Crippen molar-refractivity contribution in [3.63, 3.8) is 0 Å². The summed E-state index contributed by atoms with van der Waals surface area (Å²) >= 11 is 0. The van der Waals surface area contributed by atoms with Crippen LogP contribution in [0.25, 0.3) is 0 Å². The lowest BCUT2D eigenvalue weighted by atomic mass is 9.71. The number of alkyl halides is 1. The zero-order valence-electron chi connectivity index (χ0n) is 11.5. The average Bonchev–Trinajstić information content (AvgIpc) is 2.40. The van der Waals surface area contributed by atoms with Gasteiger partial charge in [-0.15, -0.1) is 0 Å². The number of anilines is 1. The fraction of sp³-hybridized carbons (Fsp3) is 0.500. The molecule has 0 aliphatic heterocycles. The molecule has 1 fully saturated rings. The summed E-state index contributed by atoms with van der Waals surface area (Å²) in [4.78, 5) is 9.96. The fourth-order valence-electron chi connectivity index (χ4n) is 2.51. The normalized spacial score (nSPS) is 24.6. The summed E-state index contributed by atoms with van der Waals surface area (Å²) in [5.41, 5.74) is -1.55. The number of rotatable bonds is 6. The summed E-state index contributed by atoms with van der Waals surface area (Å²) < 4.78 is 34.9. The van der Waals surface area contributed by atoms with E-state index in [2.05, 4.69) is 5.32 Å². The van der Waals surface area contributed by atoms with Gasteiger partial charge in [-0.05, 0) is 30.9 Å². The summed E-state index contributed by atoms with van der Waals surface area (Å²) in [5, 5.41) is 28.3. The lowest BCUT2D eigenvalue weighted by Crippen LogP contribution is -2.47. The maximum absolute atomic E-state index is 12.5. The molecule has 0 amide bonds. The monoisotopic (exact) mass is 333 g/mol. The highest BCUT2D eigenvalue weighted by Crippen LogP contribution is 2.38. The van der Waals surface area contributed by atoms with Gasteiger partial charge in [0, 0.05) is 12.6 Å². The second-order valence-corrected chi connectivity index (χ2v) is 7.06. The Morgan fingerprint density at radius 1 is 1.50 bits per heavy atom. The van der Waals surface area contributed by atoms with E-state index in [1.54, 1.807) is 0 Å². The van der Waals surface area contributed by atoms with Crippen LogP contribution >= 0.6 is 0 Å². The molecule has 4 N–H and O–H groups in total. The van der Waals surface area contributed by atoms with E-state index >= 15 is 0 Å². The van der Waals surface area contributed by atoms with Crippen molar-refractivity contribution in [2.45, 2.75) is 23.3 Å². The largest absolute Gasteiger partial charge is 0.387 e. The van der Waals surface area contributed by atoms with E-state index in [0.29, 0.717) is 6.54 Å². The Morgan fingerprint density at radius 3 is 2.64 bits per heavy atom. The maximum atomic E-state index is 12.5.